The van der Waals surface area contributed by atoms with Crippen LogP contribution >= 0.6 is 15.9 Å². The maximum atomic E-state index is 12.2. The van der Waals surface area contributed by atoms with Gasteiger partial charge in [-0.05, 0) is 41.9 Å². The van der Waals surface area contributed by atoms with Crippen molar-refractivity contribution in [3.63, 3.8) is 0 Å². The third-order valence-electron chi connectivity index (χ3n) is 2.26. The number of carbonyl (C=O) groups is 2. The van der Waals surface area contributed by atoms with E-state index < -0.39 is 5.97 Å². The zero-order valence-corrected chi connectivity index (χ0v) is 11.9. The zero-order chi connectivity index (χ0) is 13.5. The Kier molecular flexibility index (Phi) is 5.77. The summed E-state index contributed by atoms with van der Waals surface area (Å²) >= 11 is 3.27. The van der Waals surface area contributed by atoms with E-state index in [-0.39, 0.29) is 12.5 Å². The van der Waals surface area contributed by atoms with E-state index in [1.54, 1.807) is 26.0 Å². The number of hydrogen-bond donors (Lipinski definition) is 0. The van der Waals surface area contributed by atoms with E-state index in [9.17, 15) is 9.59 Å². The molecule has 1 aromatic rings. The van der Waals surface area contributed by atoms with Gasteiger partial charge in [-0.2, -0.15) is 0 Å². The molecule has 0 aromatic carbocycles. The second-order valence-corrected chi connectivity index (χ2v) is 4.31. The minimum absolute atomic E-state index is 0.0633. The normalized spacial score (nSPS) is 9.94. The molecule has 0 N–H and O–H groups in total. The van der Waals surface area contributed by atoms with Gasteiger partial charge in [0.2, 0.25) is 0 Å². The summed E-state index contributed by atoms with van der Waals surface area (Å²) in [5.74, 6) is -0.710. The SMILES string of the molecule is CCOC(=O)CN(CC)C(=O)c1ncccc1Br. The molecule has 1 heterocycles. The number of esters is 1. The summed E-state index contributed by atoms with van der Waals surface area (Å²) in [6, 6.07) is 3.46. The number of hydrogen-bond acceptors (Lipinski definition) is 4. The van der Waals surface area contributed by atoms with E-state index in [4.69, 9.17) is 4.74 Å². The van der Waals surface area contributed by atoms with Crippen molar-refractivity contribution in [3.05, 3.63) is 28.5 Å². The molecular formula is C12H15BrN2O3. The van der Waals surface area contributed by atoms with Crippen molar-refractivity contribution < 1.29 is 14.3 Å². The van der Waals surface area contributed by atoms with Gasteiger partial charge in [-0.1, -0.05) is 0 Å². The van der Waals surface area contributed by atoms with Crippen molar-refractivity contribution in [2.75, 3.05) is 19.7 Å². The standard InChI is InChI=1S/C12H15BrN2O3/c1-3-15(8-10(16)18-4-2)12(17)11-9(13)6-5-7-14-11/h5-7H,3-4,8H2,1-2H3. The van der Waals surface area contributed by atoms with Gasteiger partial charge in [-0.3, -0.25) is 9.59 Å². The minimum Gasteiger partial charge on any atom is -0.465 e. The van der Waals surface area contributed by atoms with Crippen LogP contribution in [0.1, 0.15) is 24.3 Å². The Labute approximate surface area is 114 Å². The van der Waals surface area contributed by atoms with Crippen molar-refractivity contribution in [1.29, 1.82) is 0 Å². The lowest BCUT2D eigenvalue weighted by atomic mass is 10.3. The molecule has 0 bridgehead atoms. The lowest BCUT2D eigenvalue weighted by Crippen LogP contribution is -2.36. The Hall–Kier alpha value is -1.43. The third-order valence-corrected chi connectivity index (χ3v) is 2.90. The maximum Gasteiger partial charge on any atom is 0.325 e. The number of likely N-dealkylation sites (N-methyl/N-ethyl adjacent to an activating group) is 1. The van der Waals surface area contributed by atoms with Gasteiger partial charge < -0.3 is 9.64 Å². The Bertz CT molecular complexity index is 437. The molecule has 0 aliphatic carbocycles. The molecule has 0 aliphatic rings. The third kappa shape index (κ3) is 3.80. The van der Waals surface area contributed by atoms with Crippen LogP contribution in [-0.4, -0.2) is 41.5 Å². The van der Waals surface area contributed by atoms with Gasteiger partial charge in [0, 0.05) is 17.2 Å². The van der Waals surface area contributed by atoms with Crippen molar-refractivity contribution in [3.8, 4) is 0 Å². The van der Waals surface area contributed by atoms with E-state index in [0.717, 1.165) is 0 Å². The van der Waals surface area contributed by atoms with E-state index in [0.29, 0.717) is 23.3 Å². The number of halogens is 1. The van der Waals surface area contributed by atoms with Crippen LogP contribution in [0.3, 0.4) is 0 Å². The monoisotopic (exact) mass is 314 g/mol. The molecule has 1 rings (SSSR count). The largest absolute Gasteiger partial charge is 0.465 e. The first-order valence-corrected chi connectivity index (χ1v) is 6.44. The quantitative estimate of drug-likeness (QED) is 0.778. The maximum absolute atomic E-state index is 12.2. The molecule has 6 heteroatoms. The zero-order valence-electron chi connectivity index (χ0n) is 10.4. The van der Waals surface area contributed by atoms with Crippen LogP contribution in [0.4, 0.5) is 0 Å². The summed E-state index contributed by atoms with van der Waals surface area (Å²) in [6.45, 7) is 4.18. The molecular weight excluding hydrogens is 300 g/mol. The molecule has 0 spiro atoms. The fraction of sp³-hybridized carbons (Fsp3) is 0.417. The predicted octanol–water partition coefficient (Wildman–Crippen LogP) is 1.87. The van der Waals surface area contributed by atoms with Crippen molar-refractivity contribution in [2.45, 2.75) is 13.8 Å². The Morgan fingerprint density at radius 1 is 1.44 bits per heavy atom. The first kappa shape index (κ1) is 14.6. The molecule has 0 unspecified atom stereocenters. The Balaban J connectivity index is 2.80. The number of nitrogens with zero attached hydrogens (tertiary/aromatic N) is 2. The van der Waals surface area contributed by atoms with Crippen LogP contribution in [0.5, 0.6) is 0 Å². The van der Waals surface area contributed by atoms with Gasteiger partial charge in [-0.15, -0.1) is 0 Å². The van der Waals surface area contributed by atoms with Crippen LogP contribution in [0.15, 0.2) is 22.8 Å². The van der Waals surface area contributed by atoms with Gasteiger partial charge in [0.15, 0.2) is 0 Å². The average molecular weight is 315 g/mol. The molecule has 0 saturated carbocycles. The van der Waals surface area contributed by atoms with Gasteiger partial charge in [0.25, 0.3) is 5.91 Å². The van der Waals surface area contributed by atoms with Gasteiger partial charge in [0.1, 0.15) is 12.2 Å². The average Bonchev–Trinajstić information content (AvgIpc) is 2.36. The highest BCUT2D eigenvalue weighted by molar-refractivity contribution is 9.10. The number of amides is 1. The van der Waals surface area contributed by atoms with E-state index in [1.165, 1.54) is 11.1 Å². The summed E-state index contributed by atoms with van der Waals surface area (Å²) in [5.41, 5.74) is 0.295. The van der Waals surface area contributed by atoms with Crippen LogP contribution < -0.4 is 0 Å². The molecule has 18 heavy (non-hydrogen) atoms. The molecule has 0 radical (unpaired) electrons. The number of carbonyl (C=O) groups excluding carboxylic acids is 2. The van der Waals surface area contributed by atoms with Crippen molar-refractivity contribution >= 4 is 27.8 Å². The molecule has 0 saturated heterocycles. The second kappa shape index (κ2) is 7.10. The fourth-order valence-electron chi connectivity index (χ4n) is 1.38. The topological polar surface area (TPSA) is 59.5 Å². The lowest BCUT2D eigenvalue weighted by molar-refractivity contribution is -0.143. The van der Waals surface area contributed by atoms with Gasteiger partial charge in [0.05, 0.1) is 6.61 Å². The molecule has 1 amide bonds. The first-order chi connectivity index (χ1) is 8.60. The molecule has 0 atom stereocenters. The van der Waals surface area contributed by atoms with E-state index in [2.05, 4.69) is 20.9 Å². The molecule has 1 aromatic heterocycles. The number of ether oxygens (including phenoxy) is 1. The molecule has 5 nitrogen and oxygen atoms in total. The van der Waals surface area contributed by atoms with E-state index >= 15 is 0 Å². The highest BCUT2D eigenvalue weighted by Gasteiger charge is 2.20. The molecule has 98 valence electrons. The summed E-state index contributed by atoms with van der Waals surface area (Å²) in [7, 11) is 0. The molecule has 0 aliphatic heterocycles. The fourth-order valence-corrected chi connectivity index (χ4v) is 1.81. The smallest absolute Gasteiger partial charge is 0.325 e. The summed E-state index contributed by atoms with van der Waals surface area (Å²) in [6.07, 6.45) is 1.54. The Morgan fingerprint density at radius 3 is 2.72 bits per heavy atom. The minimum atomic E-state index is -0.417. The summed E-state index contributed by atoms with van der Waals surface area (Å²) in [5, 5.41) is 0. The molecule has 0 fully saturated rings. The number of pyridine rings is 1. The Morgan fingerprint density at radius 2 is 2.17 bits per heavy atom. The highest BCUT2D eigenvalue weighted by Crippen LogP contribution is 2.15. The van der Waals surface area contributed by atoms with Gasteiger partial charge >= 0.3 is 5.97 Å². The van der Waals surface area contributed by atoms with E-state index in [1.807, 2.05) is 0 Å². The van der Waals surface area contributed by atoms with Crippen LogP contribution in [0.25, 0.3) is 0 Å². The predicted molar refractivity (Wildman–Crippen MR) is 70.1 cm³/mol. The first-order valence-electron chi connectivity index (χ1n) is 5.65. The second-order valence-electron chi connectivity index (χ2n) is 3.46. The van der Waals surface area contributed by atoms with Gasteiger partial charge in [-0.25, -0.2) is 4.98 Å². The van der Waals surface area contributed by atoms with Crippen LogP contribution in [-0.2, 0) is 9.53 Å². The summed E-state index contributed by atoms with van der Waals surface area (Å²) in [4.78, 5) is 29.0. The summed E-state index contributed by atoms with van der Waals surface area (Å²) < 4.78 is 5.43. The number of rotatable bonds is 5. The highest BCUT2D eigenvalue weighted by atomic mass is 79.9. The van der Waals surface area contributed by atoms with Crippen molar-refractivity contribution in [1.82, 2.24) is 9.88 Å². The lowest BCUT2D eigenvalue weighted by Gasteiger charge is -2.19. The van der Waals surface area contributed by atoms with Crippen LogP contribution in [0, 0.1) is 0 Å². The van der Waals surface area contributed by atoms with Crippen LogP contribution in [0.2, 0.25) is 0 Å². The van der Waals surface area contributed by atoms with Crippen molar-refractivity contribution in [2.24, 2.45) is 0 Å². The number of aromatic nitrogens is 1.